The van der Waals surface area contributed by atoms with Crippen molar-refractivity contribution in [3.8, 4) is 0 Å². The molecule has 3 unspecified atom stereocenters. The van der Waals surface area contributed by atoms with Gasteiger partial charge >= 0.3 is 0 Å². The second-order valence-corrected chi connectivity index (χ2v) is 7.36. The average molecular weight is 293 g/mol. The van der Waals surface area contributed by atoms with Gasteiger partial charge in [-0.25, -0.2) is 0 Å². The van der Waals surface area contributed by atoms with Crippen molar-refractivity contribution in [3.63, 3.8) is 0 Å². The van der Waals surface area contributed by atoms with E-state index in [-0.39, 0.29) is 0 Å². The third-order valence-corrected chi connectivity index (χ3v) is 6.02. The molecule has 1 aliphatic rings. The lowest BCUT2D eigenvalue weighted by molar-refractivity contribution is 0.400. The van der Waals surface area contributed by atoms with Gasteiger partial charge in [-0.3, -0.25) is 4.21 Å². The van der Waals surface area contributed by atoms with Gasteiger partial charge in [0.1, 0.15) is 0 Å². The van der Waals surface area contributed by atoms with E-state index in [1.807, 2.05) is 18.2 Å². The first kappa shape index (κ1) is 15.7. The van der Waals surface area contributed by atoms with E-state index >= 15 is 0 Å². The molecule has 0 saturated heterocycles. The summed E-state index contributed by atoms with van der Waals surface area (Å²) >= 11 is 0. The molecule has 0 aromatic heterocycles. The predicted octanol–water partition coefficient (Wildman–Crippen LogP) is 3.64. The highest BCUT2D eigenvalue weighted by Gasteiger charge is 2.27. The molecular weight excluding hydrogens is 266 g/mol. The van der Waals surface area contributed by atoms with Crippen LogP contribution in [0.5, 0.6) is 0 Å². The van der Waals surface area contributed by atoms with Crippen LogP contribution in [-0.4, -0.2) is 22.0 Å². The van der Waals surface area contributed by atoms with Crippen LogP contribution >= 0.6 is 0 Å². The minimum absolute atomic E-state index is 0.315. The summed E-state index contributed by atoms with van der Waals surface area (Å²) in [5, 5.41) is 3.89. The van der Waals surface area contributed by atoms with Crippen LogP contribution in [0.25, 0.3) is 0 Å². The molecular formula is C17H27NOS. The topological polar surface area (TPSA) is 29.1 Å². The van der Waals surface area contributed by atoms with Gasteiger partial charge in [0.15, 0.2) is 0 Å². The van der Waals surface area contributed by atoms with Crippen LogP contribution in [0.1, 0.15) is 51.0 Å². The number of rotatable bonds is 5. The van der Waals surface area contributed by atoms with Gasteiger partial charge < -0.3 is 5.32 Å². The second-order valence-electron chi connectivity index (χ2n) is 5.70. The molecule has 1 aromatic rings. The molecule has 0 heterocycles. The number of nitrogens with one attached hydrogen (secondary N) is 1. The van der Waals surface area contributed by atoms with Crippen molar-refractivity contribution in [2.45, 2.75) is 62.5 Å². The third-order valence-electron chi connectivity index (χ3n) is 4.16. The zero-order valence-corrected chi connectivity index (χ0v) is 13.3. The maximum absolute atomic E-state index is 12.8. The second kappa shape index (κ2) is 8.58. The summed E-state index contributed by atoms with van der Waals surface area (Å²) < 4.78 is 12.8. The number of hydrogen-bond acceptors (Lipinski definition) is 2. The Balaban J connectivity index is 2.02. The van der Waals surface area contributed by atoms with Gasteiger partial charge in [-0.2, -0.15) is 0 Å². The summed E-state index contributed by atoms with van der Waals surface area (Å²) in [5.41, 5.74) is 1.20. The molecule has 112 valence electrons. The van der Waals surface area contributed by atoms with Crippen LogP contribution in [0, 0.1) is 0 Å². The van der Waals surface area contributed by atoms with Crippen LogP contribution in [0.4, 0.5) is 0 Å². The van der Waals surface area contributed by atoms with E-state index in [1.54, 1.807) is 0 Å². The SMILES string of the molecule is CCNC1CCCCCCC1S(=O)Cc1ccccc1. The Hall–Kier alpha value is -0.670. The highest BCUT2D eigenvalue weighted by atomic mass is 32.2. The fourth-order valence-electron chi connectivity index (χ4n) is 3.11. The Morgan fingerprint density at radius 2 is 1.80 bits per heavy atom. The smallest absolute Gasteiger partial charge is 0.0504 e. The van der Waals surface area contributed by atoms with E-state index in [1.165, 1.54) is 37.7 Å². The minimum atomic E-state index is -0.770. The van der Waals surface area contributed by atoms with Crippen LogP contribution in [0.2, 0.25) is 0 Å². The first-order valence-electron chi connectivity index (χ1n) is 7.95. The van der Waals surface area contributed by atoms with Gasteiger partial charge in [-0.05, 0) is 24.9 Å². The maximum Gasteiger partial charge on any atom is 0.0504 e. The van der Waals surface area contributed by atoms with Crippen LogP contribution in [-0.2, 0) is 16.6 Å². The molecule has 1 aromatic carbocycles. The molecule has 3 heteroatoms. The Kier molecular flexibility index (Phi) is 6.74. The molecule has 1 fully saturated rings. The van der Waals surface area contributed by atoms with Gasteiger partial charge in [-0.15, -0.1) is 0 Å². The highest BCUT2D eigenvalue weighted by Crippen LogP contribution is 2.23. The summed E-state index contributed by atoms with van der Waals surface area (Å²) in [6, 6.07) is 10.7. The van der Waals surface area contributed by atoms with Crippen molar-refractivity contribution in [2.24, 2.45) is 0 Å². The van der Waals surface area contributed by atoms with E-state index in [0.717, 1.165) is 13.0 Å². The maximum atomic E-state index is 12.8. The Labute approximate surface area is 125 Å². The van der Waals surface area contributed by atoms with E-state index in [4.69, 9.17) is 0 Å². The van der Waals surface area contributed by atoms with Crippen LogP contribution in [0.3, 0.4) is 0 Å². The molecule has 2 rings (SSSR count). The van der Waals surface area contributed by atoms with E-state index in [0.29, 0.717) is 17.0 Å². The predicted molar refractivity (Wildman–Crippen MR) is 87.2 cm³/mol. The van der Waals surface area contributed by atoms with Gasteiger partial charge in [-0.1, -0.05) is 62.9 Å². The minimum Gasteiger partial charge on any atom is -0.313 e. The molecule has 20 heavy (non-hydrogen) atoms. The summed E-state index contributed by atoms with van der Waals surface area (Å²) in [4.78, 5) is 0. The standard InChI is InChI=1S/C17H27NOS/c1-2-18-16-12-8-3-4-9-13-17(16)20(19)14-15-10-6-5-7-11-15/h5-7,10-11,16-18H,2-4,8-9,12-14H2,1H3. The average Bonchev–Trinajstić information content (AvgIpc) is 2.43. The fourth-order valence-corrected chi connectivity index (χ4v) is 4.87. The Morgan fingerprint density at radius 3 is 2.50 bits per heavy atom. The number of hydrogen-bond donors (Lipinski definition) is 1. The normalized spacial score (nSPS) is 25.6. The third kappa shape index (κ3) is 4.71. The van der Waals surface area contributed by atoms with Crippen molar-refractivity contribution in [1.82, 2.24) is 5.32 Å². The molecule has 1 saturated carbocycles. The quantitative estimate of drug-likeness (QED) is 0.898. The molecule has 0 amide bonds. The van der Waals surface area contributed by atoms with E-state index in [9.17, 15) is 4.21 Å². The summed E-state index contributed by atoms with van der Waals surface area (Å²) in [7, 11) is -0.770. The lowest BCUT2D eigenvalue weighted by atomic mass is 9.96. The van der Waals surface area contributed by atoms with E-state index < -0.39 is 10.8 Å². The number of benzene rings is 1. The molecule has 0 spiro atoms. The van der Waals surface area contributed by atoms with Gasteiger partial charge in [0.25, 0.3) is 0 Å². The molecule has 0 radical (unpaired) electrons. The van der Waals surface area contributed by atoms with Gasteiger partial charge in [0.2, 0.25) is 0 Å². The largest absolute Gasteiger partial charge is 0.313 e. The lowest BCUT2D eigenvalue weighted by Gasteiger charge is -2.29. The molecule has 0 aliphatic heterocycles. The zero-order chi connectivity index (χ0) is 14.2. The molecule has 2 nitrogen and oxygen atoms in total. The summed E-state index contributed by atoms with van der Waals surface area (Å²) in [5.74, 6) is 0.702. The summed E-state index contributed by atoms with van der Waals surface area (Å²) in [6.07, 6.45) is 7.43. The lowest BCUT2D eigenvalue weighted by Crippen LogP contribution is -2.43. The first-order chi connectivity index (χ1) is 9.81. The Bertz CT molecular complexity index is 407. The monoisotopic (exact) mass is 293 g/mol. The first-order valence-corrected chi connectivity index (χ1v) is 9.34. The van der Waals surface area contributed by atoms with Crippen LogP contribution in [0.15, 0.2) is 30.3 Å². The van der Waals surface area contributed by atoms with Crippen molar-refractivity contribution in [2.75, 3.05) is 6.54 Å². The molecule has 3 atom stereocenters. The van der Waals surface area contributed by atoms with Gasteiger partial charge in [0, 0.05) is 22.6 Å². The van der Waals surface area contributed by atoms with Gasteiger partial charge in [0.05, 0.1) is 5.25 Å². The fraction of sp³-hybridized carbons (Fsp3) is 0.647. The summed E-state index contributed by atoms with van der Waals surface area (Å²) in [6.45, 7) is 3.12. The molecule has 1 aliphatic carbocycles. The van der Waals surface area contributed by atoms with Crippen LogP contribution < -0.4 is 5.32 Å². The molecule has 1 N–H and O–H groups in total. The molecule has 0 bridgehead atoms. The van der Waals surface area contributed by atoms with Crippen molar-refractivity contribution in [3.05, 3.63) is 35.9 Å². The van der Waals surface area contributed by atoms with E-state index in [2.05, 4.69) is 24.4 Å². The van der Waals surface area contributed by atoms with Crippen molar-refractivity contribution < 1.29 is 4.21 Å². The Morgan fingerprint density at radius 1 is 1.10 bits per heavy atom. The zero-order valence-electron chi connectivity index (χ0n) is 12.5. The van der Waals surface area contributed by atoms with Crippen molar-refractivity contribution in [1.29, 1.82) is 0 Å². The highest BCUT2D eigenvalue weighted by molar-refractivity contribution is 7.84. The van der Waals surface area contributed by atoms with Crippen molar-refractivity contribution >= 4 is 10.8 Å².